The molecule has 0 aliphatic carbocycles. The first-order chi connectivity index (χ1) is 10.3. The highest BCUT2D eigenvalue weighted by Gasteiger charge is 2.09. The van der Waals surface area contributed by atoms with E-state index in [2.05, 4.69) is 10.2 Å². The summed E-state index contributed by atoms with van der Waals surface area (Å²) in [6, 6.07) is 5.56. The minimum Gasteiger partial charge on any atom is -0.492 e. The van der Waals surface area contributed by atoms with Crippen molar-refractivity contribution in [1.82, 2.24) is 10.2 Å². The number of benzene rings is 1. The second-order valence-corrected chi connectivity index (χ2v) is 5.33. The smallest absolute Gasteiger partial charge is 0.207 e. The molecule has 0 aromatic heterocycles. The number of hydrogen-bond donors (Lipinski definition) is 1. The molecule has 0 bridgehead atoms. The van der Waals surface area contributed by atoms with Crippen molar-refractivity contribution in [1.29, 1.82) is 0 Å². The van der Waals surface area contributed by atoms with Crippen LogP contribution in [0.5, 0.6) is 5.75 Å². The predicted octanol–water partition coefficient (Wildman–Crippen LogP) is 1.69. The van der Waals surface area contributed by atoms with Crippen LogP contribution in [0, 0.1) is 0 Å². The molecule has 2 rings (SSSR count). The van der Waals surface area contributed by atoms with Gasteiger partial charge in [-0.05, 0) is 24.1 Å². The van der Waals surface area contributed by atoms with Gasteiger partial charge in [-0.3, -0.25) is 9.69 Å². The quantitative estimate of drug-likeness (QED) is 0.586. The second-order valence-electron chi connectivity index (χ2n) is 4.92. The molecule has 1 aromatic rings. The summed E-state index contributed by atoms with van der Waals surface area (Å²) in [4.78, 5) is 12.6. The molecular formula is C15H21ClN2O3. The third-order valence-electron chi connectivity index (χ3n) is 3.37. The van der Waals surface area contributed by atoms with Crippen molar-refractivity contribution in [2.75, 3.05) is 39.5 Å². The molecule has 5 nitrogen and oxygen atoms in total. The molecule has 21 heavy (non-hydrogen) atoms. The van der Waals surface area contributed by atoms with Gasteiger partial charge in [-0.25, -0.2) is 0 Å². The zero-order chi connectivity index (χ0) is 14.9. The average molecular weight is 313 g/mol. The minimum absolute atomic E-state index is 0.473. The Morgan fingerprint density at radius 2 is 2.19 bits per heavy atom. The number of rotatable bonds is 8. The maximum Gasteiger partial charge on any atom is 0.207 e. The Morgan fingerprint density at radius 1 is 1.38 bits per heavy atom. The molecule has 116 valence electrons. The summed E-state index contributed by atoms with van der Waals surface area (Å²) < 4.78 is 11.0. The maximum absolute atomic E-state index is 10.3. The molecule has 1 heterocycles. The van der Waals surface area contributed by atoms with Crippen LogP contribution in [0.4, 0.5) is 0 Å². The highest BCUT2D eigenvalue weighted by atomic mass is 35.5. The highest BCUT2D eigenvalue weighted by Crippen LogP contribution is 2.25. The molecule has 0 unspecified atom stereocenters. The van der Waals surface area contributed by atoms with E-state index < -0.39 is 0 Å². The van der Waals surface area contributed by atoms with E-state index in [4.69, 9.17) is 21.1 Å². The summed E-state index contributed by atoms with van der Waals surface area (Å²) in [6.07, 6.45) is 1.63. The summed E-state index contributed by atoms with van der Waals surface area (Å²) >= 11 is 6.17. The fourth-order valence-electron chi connectivity index (χ4n) is 2.23. The van der Waals surface area contributed by atoms with Gasteiger partial charge in [0.05, 0.1) is 24.8 Å². The van der Waals surface area contributed by atoms with Crippen LogP contribution < -0.4 is 10.1 Å². The predicted molar refractivity (Wildman–Crippen MR) is 81.7 cm³/mol. The molecule has 1 fully saturated rings. The highest BCUT2D eigenvalue weighted by molar-refractivity contribution is 6.32. The number of morpholine rings is 1. The number of halogens is 1. The fraction of sp³-hybridized carbons (Fsp3) is 0.533. The van der Waals surface area contributed by atoms with Gasteiger partial charge in [0, 0.05) is 26.2 Å². The van der Waals surface area contributed by atoms with Gasteiger partial charge in [0.25, 0.3) is 0 Å². The van der Waals surface area contributed by atoms with Crippen molar-refractivity contribution in [3.8, 4) is 5.75 Å². The number of amides is 1. The van der Waals surface area contributed by atoms with Crippen LogP contribution in [0.15, 0.2) is 18.2 Å². The number of ether oxygens (including phenoxy) is 2. The SMILES string of the molecule is O=CNCc1ccc(OCCCN2CCOCC2)c(Cl)c1. The standard InChI is InChI=1S/C15H21ClN2O3/c16-14-10-13(11-17-12-19)2-3-15(14)21-7-1-4-18-5-8-20-9-6-18/h2-3,10,12H,1,4-9,11H2,(H,17,19). The molecular weight excluding hydrogens is 292 g/mol. The Labute approximate surface area is 130 Å². The van der Waals surface area contributed by atoms with E-state index in [9.17, 15) is 4.79 Å². The molecule has 0 atom stereocenters. The van der Waals surface area contributed by atoms with Crippen LogP contribution in [-0.2, 0) is 16.1 Å². The Bertz CT molecular complexity index is 451. The number of carbonyl (C=O) groups excluding carboxylic acids is 1. The minimum atomic E-state index is 0.473. The van der Waals surface area contributed by atoms with Crippen molar-refractivity contribution >= 4 is 18.0 Å². The molecule has 0 spiro atoms. The molecule has 1 saturated heterocycles. The lowest BCUT2D eigenvalue weighted by molar-refractivity contribution is -0.109. The first-order valence-electron chi connectivity index (χ1n) is 7.18. The normalized spacial score (nSPS) is 15.7. The summed E-state index contributed by atoms with van der Waals surface area (Å²) in [7, 11) is 0. The van der Waals surface area contributed by atoms with Gasteiger partial charge >= 0.3 is 0 Å². The van der Waals surface area contributed by atoms with Gasteiger partial charge < -0.3 is 14.8 Å². The maximum atomic E-state index is 10.3. The molecule has 6 heteroatoms. The summed E-state index contributed by atoms with van der Waals surface area (Å²) in [5.74, 6) is 0.688. The van der Waals surface area contributed by atoms with Crippen molar-refractivity contribution < 1.29 is 14.3 Å². The van der Waals surface area contributed by atoms with Gasteiger partial charge in [-0.1, -0.05) is 17.7 Å². The lowest BCUT2D eigenvalue weighted by Crippen LogP contribution is -2.37. The van der Waals surface area contributed by atoms with Crippen LogP contribution >= 0.6 is 11.6 Å². The Morgan fingerprint density at radius 3 is 2.90 bits per heavy atom. The summed E-state index contributed by atoms with van der Waals surface area (Å²) in [5.41, 5.74) is 0.952. The van der Waals surface area contributed by atoms with Crippen molar-refractivity contribution in [2.24, 2.45) is 0 Å². The molecule has 1 aliphatic heterocycles. The third kappa shape index (κ3) is 5.53. The van der Waals surface area contributed by atoms with E-state index >= 15 is 0 Å². The van der Waals surface area contributed by atoms with Crippen LogP contribution in [0.25, 0.3) is 0 Å². The molecule has 0 saturated carbocycles. The number of nitrogens with one attached hydrogen (secondary N) is 1. The molecule has 1 N–H and O–H groups in total. The second kappa shape index (κ2) is 8.87. The van der Waals surface area contributed by atoms with Crippen LogP contribution in [-0.4, -0.2) is 50.8 Å². The first-order valence-corrected chi connectivity index (χ1v) is 7.56. The topological polar surface area (TPSA) is 50.8 Å². The van der Waals surface area contributed by atoms with Gasteiger partial charge in [0.2, 0.25) is 6.41 Å². The number of hydrogen-bond acceptors (Lipinski definition) is 4. The van der Waals surface area contributed by atoms with E-state index in [0.29, 0.717) is 30.3 Å². The Hall–Kier alpha value is -1.30. The lowest BCUT2D eigenvalue weighted by Gasteiger charge is -2.26. The van der Waals surface area contributed by atoms with Crippen LogP contribution in [0.1, 0.15) is 12.0 Å². The van der Waals surface area contributed by atoms with Crippen molar-refractivity contribution in [3.63, 3.8) is 0 Å². The third-order valence-corrected chi connectivity index (χ3v) is 3.66. The van der Waals surface area contributed by atoms with Gasteiger partial charge in [-0.2, -0.15) is 0 Å². The molecule has 1 aromatic carbocycles. The van der Waals surface area contributed by atoms with Crippen LogP contribution in [0.2, 0.25) is 5.02 Å². The first kappa shape index (κ1) is 16.1. The lowest BCUT2D eigenvalue weighted by atomic mass is 10.2. The molecule has 1 aliphatic rings. The van der Waals surface area contributed by atoms with E-state index in [1.165, 1.54) is 0 Å². The average Bonchev–Trinajstić information content (AvgIpc) is 2.52. The van der Waals surface area contributed by atoms with E-state index in [0.717, 1.165) is 44.8 Å². The van der Waals surface area contributed by atoms with Gasteiger partial charge in [0.1, 0.15) is 5.75 Å². The van der Waals surface area contributed by atoms with Crippen molar-refractivity contribution in [3.05, 3.63) is 28.8 Å². The zero-order valence-electron chi connectivity index (χ0n) is 12.0. The Kier molecular flexibility index (Phi) is 6.79. The molecule has 0 radical (unpaired) electrons. The monoisotopic (exact) mass is 312 g/mol. The zero-order valence-corrected chi connectivity index (χ0v) is 12.8. The van der Waals surface area contributed by atoms with Crippen LogP contribution in [0.3, 0.4) is 0 Å². The number of nitrogens with zero attached hydrogens (tertiary/aromatic N) is 1. The van der Waals surface area contributed by atoms with E-state index in [-0.39, 0.29) is 0 Å². The van der Waals surface area contributed by atoms with Crippen molar-refractivity contribution in [2.45, 2.75) is 13.0 Å². The summed E-state index contributed by atoms with van der Waals surface area (Å²) in [5, 5.41) is 3.18. The van der Waals surface area contributed by atoms with Gasteiger partial charge in [0.15, 0.2) is 0 Å². The largest absolute Gasteiger partial charge is 0.492 e. The fourth-order valence-corrected chi connectivity index (χ4v) is 2.48. The number of carbonyl (C=O) groups is 1. The van der Waals surface area contributed by atoms with E-state index in [1.54, 1.807) is 0 Å². The van der Waals surface area contributed by atoms with Gasteiger partial charge in [-0.15, -0.1) is 0 Å². The summed E-state index contributed by atoms with van der Waals surface area (Å²) in [6.45, 7) is 5.77. The molecule has 1 amide bonds. The van der Waals surface area contributed by atoms with E-state index in [1.807, 2.05) is 18.2 Å². The Balaban J connectivity index is 1.71.